The van der Waals surface area contributed by atoms with E-state index in [0.29, 0.717) is 13.0 Å². The lowest BCUT2D eigenvalue weighted by molar-refractivity contribution is -0.126. The molecule has 5 heteroatoms. The number of carbonyl (C=O) groups excluding carboxylic acids is 1. The number of amides is 1. The van der Waals surface area contributed by atoms with Gasteiger partial charge in [-0.1, -0.05) is 6.92 Å². The lowest BCUT2D eigenvalue weighted by Crippen LogP contribution is -2.50. The summed E-state index contributed by atoms with van der Waals surface area (Å²) in [5, 5.41) is 3.70. The van der Waals surface area contributed by atoms with Crippen LogP contribution in [0.3, 0.4) is 0 Å². The standard InChI is InChI=1S/C10H17N3OS/c1-4-10(3,11)9(14)13-6-8-12-5-7(2)15-8/h5H,4,6,11H2,1-3H3,(H,13,14). The molecule has 0 aliphatic carbocycles. The molecule has 0 spiro atoms. The van der Waals surface area contributed by atoms with Crippen molar-refractivity contribution in [1.82, 2.24) is 10.3 Å². The number of nitrogens with one attached hydrogen (secondary N) is 1. The van der Waals surface area contributed by atoms with E-state index in [2.05, 4.69) is 10.3 Å². The van der Waals surface area contributed by atoms with E-state index in [1.54, 1.807) is 24.5 Å². The number of rotatable bonds is 4. The zero-order valence-electron chi connectivity index (χ0n) is 9.33. The van der Waals surface area contributed by atoms with Gasteiger partial charge in [0.1, 0.15) is 5.01 Å². The predicted octanol–water partition coefficient (Wildman–Crippen LogP) is 1.20. The molecule has 1 unspecified atom stereocenters. The molecule has 1 aromatic heterocycles. The second kappa shape index (κ2) is 4.72. The Morgan fingerprint density at radius 3 is 2.87 bits per heavy atom. The quantitative estimate of drug-likeness (QED) is 0.812. The molecule has 0 bridgehead atoms. The molecule has 1 rings (SSSR count). The van der Waals surface area contributed by atoms with Crippen molar-refractivity contribution >= 4 is 17.2 Å². The molecule has 0 aromatic carbocycles. The highest BCUT2D eigenvalue weighted by Crippen LogP contribution is 2.11. The predicted molar refractivity (Wildman–Crippen MR) is 61.6 cm³/mol. The first kappa shape index (κ1) is 12.1. The molecule has 1 heterocycles. The third-order valence-corrected chi connectivity index (χ3v) is 3.24. The molecule has 0 aliphatic heterocycles. The van der Waals surface area contributed by atoms with Gasteiger partial charge in [0.15, 0.2) is 0 Å². The van der Waals surface area contributed by atoms with Crippen molar-refractivity contribution in [2.45, 2.75) is 39.3 Å². The van der Waals surface area contributed by atoms with Crippen LogP contribution in [0.1, 0.15) is 30.2 Å². The molecule has 4 nitrogen and oxygen atoms in total. The molecule has 0 saturated carbocycles. The van der Waals surface area contributed by atoms with Crippen molar-refractivity contribution < 1.29 is 4.79 Å². The van der Waals surface area contributed by atoms with Crippen LogP contribution in [0.25, 0.3) is 0 Å². The van der Waals surface area contributed by atoms with Crippen LogP contribution in [-0.4, -0.2) is 16.4 Å². The van der Waals surface area contributed by atoms with Crippen LogP contribution >= 0.6 is 11.3 Å². The first-order valence-electron chi connectivity index (χ1n) is 4.94. The lowest BCUT2D eigenvalue weighted by Gasteiger charge is -2.20. The van der Waals surface area contributed by atoms with E-state index in [-0.39, 0.29) is 5.91 Å². The minimum Gasteiger partial charge on any atom is -0.348 e. The number of thiazole rings is 1. The largest absolute Gasteiger partial charge is 0.348 e. The van der Waals surface area contributed by atoms with Crippen LogP contribution in [0.4, 0.5) is 0 Å². The van der Waals surface area contributed by atoms with Crippen molar-refractivity contribution in [2.24, 2.45) is 5.73 Å². The monoisotopic (exact) mass is 227 g/mol. The minimum atomic E-state index is -0.785. The second-order valence-corrected chi connectivity index (χ2v) is 5.14. The number of nitrogens with two attached hydrogens (primary N) is 1. The van der Waals surface area contributed by atoms with Gasteiger partial charge in [-0.3, -0.25) is 4.79 Å². The first-order valence-corrected chi connectivity index (χ1v) is 5.76. The maximum absolute atomic E-state index is 11.6. The van der Waals surface area contributed by atoms with Gasteiger partial charge in [0, 0.05) is 11.1 Å². The Hall–Kier alpha value is -0.940. The van der Waals surface area contributed by atoms with Gasteiger partial charge in [-0.25, -0.2) is 4.98 Å². The van der Waals surface area contributed by atoms with Gasteiger partial charge < -0.3 is 11.1 Å². The smallest absolute Gasteiger partial charge is 0.240 e. The molecule has 3 N–H and O–H groups in total. The summed E-state index contributed by atoms with van der Waals surface area (Å²) >= 11 is 1.58. The van der Waals surface area contributed by atoms with Gasteiger partial charge >= 0.3 is 0 Å². The molecule has 0 saturated heterocycles. The van der Waals surface area contributed by atoms with Gasteiger partial charge in [0.05, 0.1) is 12.1 Å². The summed E-state index contributed by atoms with van der Waals surface area (Å²) in [5.74, 6) is -0.127. The highest BCUT2D eigenvalue weighted by molar-refractivity contribution is 7.11. The zero-order valence-corrected chi connectivity index (χ0v) is 10.1. The summed E-state index contributed by atoms with van der Waals surface area (Å²) in [6, 6.07) is 0. The second-order valence-electron chi connectivity index (χ2n) is 3.82. The highest BCUT2D eigenvalue weighted by Gasteiger charge is 2.25. The fraction of sp³-hybridized carbons (Fsp3) is 0.600. The van der Waals surface area contributed by atoms with Crippen LogP contribution < -0.4 is 11.1 Å². The Labute approximate surface area is 93.9 Å². The van der Waals surface area contributed by atoms with Crippen molar-refractivity contribution in [1.29, 1.82) is 0 Å². The van der Waals surface area contributed by atoms with Gasteiger partial charge in [0.2, 0.25) is 5.91 Å². The van der Waals surface area contributed by atoms with Crippen LogP contribution in [0.5, 0.6) is 0 Å². The van der Waals surface area contributed by atoms with E-state index in [0.717, 1.165) is 9.88 Å². The lowest BCUT2D eigenvalue weighted by atomic mass is 10.00. The Bertz CT molecular complexity index is 346. The third-order valence-electron chi connectivity index (χ3n) is 2.32. The molecule has 0 aliphatic rings. The Morgan fingerprint density at radius 1 is 1.73 bits per heavy atom. The number of aromatic nitrogens is 1. The summed E-state index contributed by atoms with van der Waals surface area (Å²) in [4.78, 5) is 16.9. The van der Waals surface area contributed by atoms with Crippen LogP contribution in [0.15, 0.2) is 6.20 Å². The third kappa shape index (κ3) is 3.28. The summed E-state index contributed by atoms with van der Waals surface area (Å²) < 4.78 is 0. The van der Waals surface area contributed by atoms with Gasteiger partial charge in [-0.05, 0) is 20.3 Å². The molecule has 84 valence electrons. The van der Waals surface area contributed by atoms with Crippen LogP contribution in [-0.2, 0) is 11.3 Å². The van der Waals surface area contributed by atoms with E-state index >= 15 is 0 Å². The minimum absolute atomic E-state index is 0.127. The average Bonchev–Trinajstić information content (AvgIpc) is 2.60. The Balaban J connectivity index is 2.47. The molecular formula is C10H17N3OS. The van der Waals surface area contributed by atoms with Crippen molar-refractivity contribution in [2.75, 3.05) is 0 Å². The fourth-order valence-corrected chi connectivity index (χ4v) is 1.73. The van der Waals surface area contributed by atoms with Gasteiger partial charge in [0.25, 0.3) is 0 Å². The average molecular weight is 227 g/mol. The SMILES string of the molecule is CCC(C)(N)C(=O)NCc1ncc(C)s1. The van der Waals surface area contributed by atoms with Crippen LogP contribution in [0.2, 0.25) is 0 Å². The maximum atomic E-state index is 11.6. The van der Waals surface area contributed by atoms with Crippen molar-refractivity contribution in [3.05, 3.63) is 16.1 Å². The zero-order chi connectivity index (χ0) is 11.5. The maximum Gasteiger partial charge on any atom is 0.240 e. The van der Waals surface area contributed by atoms with E-state index in [1.807, 2.05) is 13.8 Å². The van der Waals surface area contributed by atoms with E-state index in [1.165, 1.54) is 0 Å². The molecule has 0 radical (unpaired) electrons. The number of aryl methyl sites for hydroxylation is 1. The fourth-order valence-electron chi connectivity index (χ4n) is 1.00. The molecule has 1 atom stereocenters. The summed E-state index contributed by atoms with van der Waals surface area (Å²) in [6.07, 6.45) is 2.42. The van der Waals surface area contributed by atoms with Crippen LogP contribution in [0, 0.1) is 6.92 Å². The number of carbonyl (C=O) groups is 1. The molecule has 1 amide bonds. The highest BCUT2D eigenvalue weighted by atomic mass is 32.1. The summed E-state index contributed by atoms with van der Waals surface area (Å²) in [5.41, 5.74) is 5.01. The Morgan fingerprint density at radius 2 is 2.40 bits per heavy atom. The summed E-state index contributed by atoms with van der Waals surface area (Å²) in [7, 11) is 0. The summed E-state index contributed by atoms with van der Waals surface area (Å²) in [6.45, 7) is 6.08. The molecule has 1 aromatic rings. The number of hydrogen-bond acceptors (Lipinski definition) is 4. The van der Waals surface area contributed by atoms with Crippen molar-refractivity contribution in [3.63, 3.8) is 0 Å². The normalized spacial score (nSPS) is 14.7. The van der Waals surface area contributed by atoms with E-state index in [4.69, 9.17) is 5.73 Å². The number of hydrogen-bond donors (Lipinski definition) is 2. The Kier molecular flexibility index (Phi) is 3.82. The van der Waals surface area contributed by atoms with Gasteiger partial charge in [-0.2, -0.15) is 0 Å². The topological polar surface area (TPSA) is 68.0 Å². The molecule has 15 heavy (non-hydrogen) atoms. The molecular weight excluding hydrogens is 210 g/mol. The van der Waals surface area contributed by atoms with E-state index in [9.17, 15) is 4.79 Å². The van der Waals surface area contributed by atoms with Gasteiger partial charge in [-0.15, -0.1) is 11.3 Å². The van der Waals surface area contributed by atoms with Crippen molar-refractivity contribution in [3.8, 4) is 0 Å². The first-order chi connectivity index (χ1) is 6.95. The van der Waals surface area contributed by atoms with E-state index < -0.39 is 5.54 Å². The molecule has 0 fully saturated rings. The number of nitrogens with zero attached hydrogens (tertiary/aromatic N) is 1.